The van der Waals surface area contributed by atoms with Crippen LogP contribution in [-0.2, 0) is 0 Å². The van der Waals surface area contributed by atoms with Gasteiger partial charge in [0.2, 0.25) is 5.88 Å². The van der Waals surface area contributed by atoms with E-state index in [-0.39, 0.29) is 17.4 Å². The Bertz CT molecular complexity index is 598. The molecule has 5 heteroatoms. The van der Waals surface area contributed by atoms with Gasteiger partial charge >= 0.3 is 5.97 Å². The molecule has 0 saturated heterocycles. The molecule has 90 valence electrons. The van der Waals surface area contributed by atoms with Gasteiger partial charge in [-0.25, -0.2) is 9.78 Å². The number of hydrogen-bond acceptors (Lipinski definition) is 4. The highest BCUT2D eigenvalue weighted by molar-refractivity contribution is 7.17. The van der Waals surface area contributed by atoms with Gasteiger partial charge in [0, 0.05) is 5.56 Å². The Morgan fingerprint density at radius 1 is 1.44 bits per heavy atom. The molecule has 2 aromatic rings. The van der Waals surface area contributed by atoms with Crippen molar-refractivity contribution in [2.45, 2.75) is 0 Å². The van der Waals surface area contributed by atoms with E-state index in [1.165, 1.54) is 0 Å². The van der Waals surface area contributed by atoms with Crippen LogP contribution in [0.2, 0.25) is 0 Å². The average Bonchev–Trinajstić information content (AvgIpc) is 2.81. The normalized spacial score (nSPS) is 9.72. The van der Waals surface area contributed by atoms with Crippen LogP contribution in [0.5, 0.6) is 5.88 Å². The summed E-state index contributed by atoms with van der Waals surface area (Å²) in [6, 6.07) is 9.31. The molecule has 0 aliphatic heterocycles. The summed E-state index contributed by atoms with van der Waals surface area (Å²) in [7, 11) is 0. The highest BCUT2D eigenvalue weighted by Crippen LogP contribution is 2.32. The van der Waals surface area contributed by atoms with Crippen LogP contribution in [0, 0.1) is 12.3 Å². The van der Waals surface area contributed by atoms with Crippen molar-refractivity contribution in [1.29, 1.82) is 0 Å². The fourth-order valence-electron chi connectivity index (χ4n) is 1.35. The van der Waals surface area contributed by atoms with Gasteiger partial charge in [0.05, 0.1) is 0 Å². The van der Waals surface area contributed by atoms with Crippen molar-refractivity contribution in [3.05, 3.63) is 35.2 Å². The second-order valence-electron chi connectivity index (χ2n) is 3.32. The number of aromatic nitrogens is 1. The van der Waals surface area contributed by atoms with Crippen molar-refractivity contribution < 1.29 is 14.6 Å². The third-order valence-corrected chi connectivity index (χ3v) is 3.18. The second-order valence-corrected chi connectivity index (χ2v) is 4.32. The Hall–Kier alpha value is -2.32. The van der Waals surface area contributed by atoms with Gasteiger partial charge in [-0.3, -0.25) is 0 Å². The third-order valence-electron chi connectivity index (χ3n) is 2.10. The predicted octanol–water partition coefficient (Wildman–Crippen LogP) is 2.52. The first-order chi connectivity index (χ1) is 8.72. The average molecular weight is 259 g/mol. The summed E-state index contributed by atoms with van der Waals surface area (Å²) in [5, 5.41) is 9.66. The van der Waals surface area contributed by atoms with Crippen LogP contribution in [0.3, 0.4) is 0 Å². The first-order valence-electron chi connectivity index (χ1n) is 5.08. The number of rotatable bonds is 4. The van der Waals surface area contributed by atoms with Crippen LogP contribution in [0.4, 0.5) is 0 Å². The van der Waals surface area contributed by atoms with Gasteiger partial charge in [0.25, 0.3) is 0 Å². The number of thiazole rings is 1. The van der Waals surface area contributed by atoms with Crippen LogP contribution >= 0.6 is 11.3 Å². The van der Waals surface area contributed by atoms with E-state index >= 15 is 0 Å². The van der Waals surface area contributed by atoms with Gasteiger partial charge in [0.15, 0.2) is 11.5 Å². The third kappa shape index (κ3) is 2.50. The lowest BCUT2D eigenvalue weighted by Crippen LogP contribution is -2.00. The molecule has 0 bridgehead atoms. The zero-order valence-electron chi connectivity index (χ0n) is 9.29. The van der Waals surface area contributed by atoms with Gasteiger partial charge in [-0.15, -0.1) is 17.8 Å². The molecule has 1 aromatic carbocycles. The Morgan fingerprint density at radius 2 is 2.17 bits per heavy atom. The lowest BCUT2D eigenvalue weighted by Gasteiger charge is -1.97. The van der Waals surface area contributed by atoms with Crippen molar-refractivity contribution in [3.63, 3.8) is 0 Å². The summed E-state index contributed by atoms with van der Waals surface area (Å²) in [4.78, 5) is 15.3. The summed E-state index contributed by atoms with van der Waals surface area (Å²) in [6.07, 6.45) is 5.07. The number of terminal acetylenes is 1. The maximum atomic E-state index is 11.1. The quantitative estimate of drug-likeness (QED) is 0.857. The molecule has 4 nitrogen and oxygen atoms in total. The SMILES string of the molecule is C#CCOc1nc(-c2ccccc2)sc1C(=O)O. The monoisotopic (exact) mass is 259 g/mol. The highest BCUT2D eigenvalue weighted by atomic mass is 32.1. The minimum Gasteiger partial charge on any atom is -0.477 e. The molecule has 0 radical (unpaired) electrons. The van der Waals surface area contributed by atoms with E-state index in [1.807, 2.05) is 30.3 Å². The van der Waals surface area contributed by atoms with Gasteiger partial charge in [-0.2, -0.15) is 0 Å². The molecule has 0 aliphatic carbocycles. The molecular weight excluding hydrogens is 250 g/mol. The number of ether oxygens (including phenoxy) is 1. The molecule has 0 saturated carbocycles. The van der Waals surface area contributed by atoms with E-state index in [9.17, 15) is 4.79 Å². The topological polar surface area (TPSA) is 59.4 Å². The first kappa shape index (κ1) is 12.1. The lowest BCUT2D eigenvalue weighted by molar-refractivity contribution is 0.0698. The smallest absolute Gasteiger partial charge is 0.351 e. The van der Waals surface area contributed by atoms with Crippen LogP contribution in [-0.4, -0.2) is 22.7 Å². The molecule has 0 fully saturated rings. The number of benzene rings is 1. The fourth-order valence-corrected chi connectivity index (χ4v) is 2.21. The van der Waals surface area contributed by atoms with E-state index in [4.69, 9.17) is 16.3 Å². The minimum absolute atomic E-state index is 0.00174. The minimum atomic E-state index is -1.07. The Morgan fingerprint density at radius 3 is 2.78 bits per heavy atom. The Balaban J connectivity index is 2.40. The number of nitrogens with zero attached hydrogens (tertiary/aromatic N) is 1. The number of carboxylic acids is 1. The molecular formula is C13H9NO3S. The molecule has 18 heavy (non-hydrogen) atoms. The molecule has 1 heterocycles. The molecule has 1 aromatic heterocycles. The Kier molecular flexibility index (Phi) is 3.60. The zero-order valence-corrected chi connectivity index (χ0v) is 10.1. The van der Waals surface area contributed by atoms with E-state index in [2.05, 4.69) is 10.9 Å². The maximum Gasteiger partial charge on any atom is 0.351 e. The number of hydrogen-bond donors (Lipinski definition) is 1. The van der Waals surface area contributed by atoms with Gasteiger partial charge in [-0.05, 0) is 0 Å². The molecule has 0 amide bonds. The van der Waals surface area contributed by atoms with Crippen molar-refractivity contribution in [1.82, 2.24) is 4.98 Å². The number of aromatic carboxylic acids is 1. The van der Waals surface area contributed by atoms with Crippen LogP contribution < -0.4 is 4.74 Å². The number of carboxylic acid groups (broad SMARTS) is 1. The molecule has 0 aliphatic rings. The summed E-state index contributed by atoms with van der Waals surface area (Å²) < 4.78 is 5.13. The van der Waals surface area contributed by atoms with Crippen molar-refractivity contribution in [2.75, 3.05) is 6.61 Å². The van der Waals surface area contributed by atoms with E-state index < -0.39 is 5.97 Å². The standard InChI is InChI=1S/C13H9NO3S/c1-2-8-17-11-10(13(15)16)18-12(14-11)9-6-4-3-5-7-9/h1,3-7H,8H2,(H,15,16). The van der Waals surface area contributed by atoms with E-state index in [0.29, 0.717) is 5.01 Å². The molecule has 0 atom stereocenters. The van der Waals surface area contributed by atoms with Crippen LogP contribution in [0.25, 0.3) is 10.6 Å². The largest absolute Gasteiger partial charge is 0.477 e. The highest BCUT2D eigenvalue weighted by Gasteiger charge is 2.19. The van der Waals surface area contributed by atoms with Crippen LogP contribution in [0.15, 0.2) is 30.3 Å². The first-order valence-corrected chi connectivity index (χ1v) is 5.90. The van der Waals surface area contributed by atoms with Gasteiger partial charge in [0.1, 0.15) is 5.01 Å². The number of carbonyl (C=O) groups is 1. The zero-order chi connectivity index (χ0) is 13.0. The fraction of sp³-hybridized carbons (Fsp3) is 0.0769. The molecule has 2 rings (SSSR count). The Labute approximate surface area is 108 Å². The van der Waals surface area contributed by atoms with Gasteiger partial charge in [-0.1, -0.05) is 36.3 Å². The van der Waals surface area contributed by atoms with E-state index in [1.54, 1.807) is 0 Å². The van der Waals surface area contributed by atoms with E-state index in [0.717, 1.165) is 16.9 Å². The maximum absolute atomic E-state index is 11.1. The molecule has 1 N–H and O–H groups in total. The second kappa shape index (κ2) is 5.34. The van der Waals surface area contributed by atoms with Crippen molar-refractivity contribution in [3.8, 4) is 28.8 Å². The summed E-state index contributed by atoms with van der Waals surface area (Å²) in [5.41, 5.74) is 0.848. The van der Waals surface area contributed by atoms with Crippen molar-refractivity contribution in [2.24, 2.45) is 0 Å². The van der Waals surface area contributed by atoms with Crippen LogP contribution in [0.1, 0.15) is 9.67 Å². The molecule has 0 unspecified atom stereocenters. The van der Waals surface area contributed by atoms with Crippen molar-refractivity contribution >= 4 is 17.3 Å². The lowest BCUT2D eigenvalue weighted by atomic mass is 10.2. The summed E-state index contributed by atoms with van der Waals surface area (Å²) in [6.45, 7) is -0.00174. The molecule has 0 spiro atoms. The summed E-state index contributed by atoms with van der Waals surface area (Å²) >= 11 is 1.07. The van der Waals surface area contributed by atoms with Gasteiger partial charge < -0.3 is 9.84 Å². The predicted molar refractivity (Wildman–Crippen MR) is 68.8 cm³/mol. The summed E-state index contributed by atoms with van der Waals surface area (Å²) in [5.74, 6) is 1.29.